The SMILES string of the molecule is Cc1ccc2c(c1)oc1cc3c(-c4ccc5ccc6oc7cc(C)ccc7c6c5c4)cccc3cc12. The van der Waals surface area contributed by atoms with Crippen LogP contribution in [0.4, 0.5) is 0 Å². The van der Waals surface area contributed by atoms with Crippen molar-refractivity contribution in [3.05, 3.63) is 108 Å². The first kappa shape index (κ1) is 19.7. The molecule has 170 valence electrons. The molecule has 0 N–H and O–H groups in total. The van der Waals surface area contributed by atoms with Crippen molar-refractivity contribution in [3.8, 4) is 11.1 Å². The average Bonchev–Trinajstić information content (AvgIpc) is 3.43. The number of hydrogen-bond acceptors (Lipinski definition) is 2. The van der Waals surface area contributed by atoms with Gasteiger partial charge in [-0.05, 0) is 94.0 Å². The molecule has 0 aliphatic heterocycles. The van der Waals surface area contributed by atoms with Gasteiger partial charge in [0.15, 0.2) is 0 Å². The van der Waals surface area contributed by atoms with Crippen LogP contribution in [-0.2, 0) is 0 Å². The Bertz CT molecular complexity index is 2170. The van der Waals surface area contributed by atoms with Gasteiger partial charge in [-0.15, -0.1) is 0 Å². The minimum absolute atomic E-state index is 0.926. The lowest BCUT2D eigenvalue weighted by Crippen LogP contribution is -1.83. The van der Waals surface area contributed by atoms with E-state index < -0.39 is 0 Å². The Morgan fingerprint density at radius 1 is 0.444 bits per heavy atom. The normalized spacial score (nSPS) is 12.2. The van der Waals surface area contributed by atoms with Gasteiger partial charge in [-0.25, -0.2) is 0 Å². The Morgan fingerprint density at radius 3 is 2.03 bits per heavy atom. The maximum absolute atomic E-state index is 6.30. The van der Waals surface area contributed by atoms with Crippen LogP contribution < -0.4 is 0 Å². The number of fused-ring (bicyclic) bond motifs is 9. The van der Waals surface area contributed by atoms with Crippen LogP contribution in [0.25, 0.3) is 76.5 Å². The Hall–Kier alpha value is -4.56. The predicted octanol–water partition coefficient (Wildman–Crippen LogP) is 10.1. The van der Waals surface area contributed by atoms with E-state index in [0.29, 0.717) is 0 Å². The Labute approximate surface area is 207 Å². The van der Waals surface area contributed by atoms with E-state index in [1.807, 2.05) is 0 Å². The second-order valence-electron chi connectivity index (χ2n) is 9.95. The third kappa shape index (κ3) is 2.73. The third-order valence-electron chi connectivity index (χ3n) is 7.55. The molecule has 0 aliphatic rings. The molecule has 2 heterocycles. The molecule has 0 spiro atoms. The molecule has 0 bridgehead atoms. The average molecular weight is 463 g/mol. The fourth-order valence-corrected chi connectivity index (χ4v) is 5.78. The molecular formula is C34H22O2. The van der Waals surface area contributed by atoms with E-state index in [4.69, 9.17) is 8.83 Å². The highest BCUT2D eigenvalue weighted by Gasteiger charge is 2.14. The molecule has 0 amide bonds. The molecule has 0 unspecified atom stereocenters. The zero-order valence-electron chi connectivity index (χ0n) is 20.1. The molecule has 2 aromatic heterocycles. The summed E-state index contributed by atoms with van der Waals surface area (Å²) in [6, 6.07) is 34.9. The van der Waals surface area contributed by atoms with Crippen LogP contribution in [0.2, 0.25) is 0 Å². The summed E-state index contributed by atoms with van der Waals surface area (Å²) in [6.07, 6.45) is 0. The summed E-state index contributed by atoms with van der Waals surface area (Å²) in [5.41, 5.74) is 8.53. The molecular weight excluding hydrogens is 440 g/mol. The largest absolute Gasteiger partial charge is 0.456 e. The number of aryl methyl sites for hydroxylation is 2. The Balaban J connectivity index is 1.41. The van der Waals surface area contributed by atoms with E-state index in [1.54, 1.807) is 0 Å². The highest BCUT2D eigenvalue weighted by molar-refractivity contribution is 6.20. The van der Waals surface area contributed by atoms with Crippen molar-refractivity contribution >= 4 is 65.4 Å². The summed E-state index contributed by atoms with van der Waals surface area (Å²) in [6.45, 7) is 4.20. The number of rotatable bonds is 1. The fraction of sp³-hybridized carbons (Fsp3) is 0.0588. The van der Waals surface area contributed by atoms with Crippen molar-refractivity contribution in [2.24, 2.45) is 0 Å². The molecule has 0 aliphatic carbocycles. The minimum Gasteiger partial charge on any atom is -0.456 e. The van der Waals surface area contributed by atoms with E-state index in [1.165, 1.54) is 49.2 Å². The standard InChI is InChI=1S/C34H22O2/c1-19-6-11-25-29-17-22-4-3-5-24(27(22)18-33(29)36-31(25)14-19)23-9-8-21-10-13-30-34(28(21)16-23)26-12-7-20(2)15-32(26)35-30/h3-18H,1-2H3. The highest BCUT2D eigenvalue weighted by atomic mass is 16.3. The minimum atomic E-state index is 0.926. The molecule has 36 heavy (non-hydrogen) atoms. The first-order valence-corrected chi connectivity index (χ1v) is 12.3. The van der Waals surface area contributed by atoms with E-state index in [-0.39, 0.29) is 0 Å². The molecule has 8 aromatic rings. The quantitative estimate of drug-likeness (QED) is 0.242. The molecule has 0 radical (unpaired) electrons. The van der Waals surface area contributed by atoms with E-state index in [9.17, 15) is 0 Å². The van der Waals surface area contributed by atoms with Crippen LogP contribution in [0.5, 0.6) is 0 Å². The summed E-state index contributed by atoms with van der Waals surface area (Å²) in [5.74, 6) is 0. The lowest BCUT2D eigenvalue weighted by Gasteiger charge is -2.09. The lowest BCUT2D eigenvalue weighted by atomic mass is 9.94. The molecule has 0 saturated carbocycles. The van der Waals surface area contributed by atoms with Gasteiger partial charge in [-0.3, -0.25) is 0 Å². The highest BCUT2D eigenvalue weighted by Crippen LogP contribution is 2.40. The van der Waals surface area contributed by atoms with E-state index >= 15 is 0 Å². The van der Waals surface area contributed by atoms with E-state index in [0.717, 1.165) is 38.5 Å². The van der Waals surface area contributed by atoms with Crippen LogP contribution >= 0.6 is 0 Å². The van der Waals surface area contributed by atoms with Gasteiger partial charge in [0.05, 0.1) is 0 Å². The molecule has 2 heteroatoms. The van der Waals surface area contributed by atoms with Crippen LogP contribution in [0.1, 0.15) is 11.1 Å². The van der Waals surface area contributed by atoms with Gasteiger partial charge in [0, 0.05) is 21.5 Å². The molecule has 0 atom stereocenters. The van der Waals surface area contributed by atoms with Crippen LogP contribution in [0.3, 0.4) is 0 Å². The molecule has 8 rings (SSSR count). The van der Waals surface area contributed by atoms with Crippen molar-refractivity contribution in [1.82, 2.24) is 0 Å². The van der Waals surface area contributed by atoms with Crippen molar-refractivity contribution in [1.29, 1.82) is 0 Å². The van der Waals surface area contributed by atoms with Gasteiger partial charge in [-0.2, -0.15) is 0 Å². The van der Waals surface area contributed by atoms with Crippen molar-refractivity contribution in [2.75, 3.05) is 0 Å². The van der Waals surface area contributed by atoms with E-state index in [2.05, 4.69) is 111 Å². The molecule has 6 aromatic carbocycles. The second-order valence-corrected chi connectivity index (χ2v) is 9.95. The third-order valence-corrected chi connectivity index (χ3v) is 7.55. The number of benzene rings is 6. The molecule has 0 fully saturated rings. The van der Waals surface area contributed by atoms with Gasteiger partial charge < -0.3 is 8.83 Å². The first-order valence-electron chi connectivity index (χ1n) is 12.3. The van der Waals surface area contributed by atoms with Crippen LogP contribution in [-0.4, -0.2) is 0 Å². The van der Waals surface area contributed by atoms with Crippen LogP contribution in [0.15, 0.2) is 106 Å². The van der Waals surface area contributed by atoms with Gasteiger partial charge in [0.25, 0.3) is 0 Å². The van der Waals surface area contributed by atoms with Gasteiger partial charge in [0.2, 0.25) is 0 Å². The fourth-order valence-electron chi connectivity index (χ4n) is 5.78. The monoisotopic (exact) mass is 462 g/mol. The van der Waals surface area contributed by atoms with Gasteiger partial charge >= 0.3 is 0 Å². The number of furan rings is 2. The molecule has 0 saturated heterocycles. The Morgan fingerprint density at radius 2 is 1.17 bits per heavy atom. The van der Waals surface area contributed by atoms with Gasteiger partial charge in [0.1, 0.15) is 22.3 Å². The topological polar surface area (TPSA) is 26.3 Å². The van der Waals surface area contributed by atoms with Crippen LogP contribution in [0, 0.1) is 13.8 Å². The number of hydrogen-bond donors (Lipinski definition) is 0. The second kappa shape index (κ2) is 6.99. The summed E-state index contributed by atoms with van der Waals surface area (Å²) in [7, 11) is 0. The summed E-state index contributed by atoms with van der Waals surface area (Å²) >= 11 is 0. The van der Waals surface area contributed by atoms with Crippen molar-refractivity contribution < 1.29 is 8.83 Å². The Kier molecular flexibility index (Phi) is 3.83. The van der Waals surface area contributed by atoms with Gasteiger partial charge in [-0.1, -0.05) is 60.7 Å². The maximum atomic E-state index is 6.30. The zero-order chi connectivity index (χ0) is 24.0. The zero-order valence-corrected chi connectivity index (χ0v) is 20.1. The van der Waals surface area contributed by atoms with Crippen molar-refractivity contribution in [2.45, 2.75) is 13.8 Å². The maximum Gasteiger partial charge on any atom is 0.136 e. The summed E-state index contributed by atoms with van der Waals surface area (Å²) in [4.78, 5) is 0. The smallest absolute Gasteiger partial charge is 0.136 e. The van der Waals surface area contributed by atoms with Crippen molar-refractivity contribution in [3.63, 3.8) is 0 Å². The first-order chi connectivity index (χ1) is 17.6. The lowest BCUT2D eigenvalue weighted by molar-refractivity contribution is 0.668. The molecule has 2 nitrogen and oxygen atoms in total. The summed E-state index contributed by atoms with van der Waals surface area (Å²) < 4.78 is 12.5. The summed E-state index contributed by atoms with van der Waals surface area (Å²) in [5, 5.41) is 9.50. The predicted molar refractivity (Wildman–Crippen MR) is 151 cm³/mol.